The molecule has 3 aromatic rings. The highest BCUT2D eigenvalue weighted by molar-refractivity contribution is 7.99. The van der Waals surface area contributed by atoms with Gasteiger partial charge in [0.1, 0.15) is 28.1 Å². The van der Waals surface area contributed by atoms with Gasteiger partial charge in [0.15, 0.2) is 0 Å². The number of nitrogens with zero attached hydrogens (tertiary/aromatic N) is 3. The molecule has 10 nitrogen and oxygen atoms in total. The van der Waals surface area contributed by atoms with E-state index in [4.69, 9.17) is 9.47 Å². The summed E-state index contributed by atoms with van der Waals surface area (Å²) in [4.78, 5) is 33.8. The summed E-state index contributed by atoms with van der Waals surface area (Å²) < 4.78 is 40.9. The Morgan fingerprint density at radius 3 is 2.50 bits per heavy atom. The summed E-state index contributed by atoms with van der Waals surface area (Å²) in [6.45, 7) is 9.64. The minimum atomic E-state index is -3.97. The van der Waals surface area contributed by atoms with Gasteiger partial charge in [-0.3, -0.25) is 9.59 Å². The number of aryl methyl sites for hydroxylation is 2. The highest BCUT2D eigenvalue weighted by Crippen LogP contribution is 2.28. The fourth-order valence-corrected chi connectivity index (χ4v) is 5.97. The molecule has 3 rings (SSSR count). The smallest absolute Gasteiger partial charge is 0.325 e. The van der Waals surface area contributed by atoms with Gasteiger partial charge < -0.3 is 14.0 Å². The first kappa shape index (κ1) is 29.6. The molecular formula is C26H34N4O6S2. The van der Waals surface area contributed by atoms with Gasteiger partial charge in [0.2, 0.25) is 10.0 Å². The van der Waals surface area contributed by atoms with E-state index in [-0.39, 0.29) is 16.6 Å². The predicted octanol–water partition coefficient (Wildman–Crippen LogP) is 3.86. The van der Waals surface area contributed by atoms with Crippen molar-refractivity contribution in [2.75, 3.05) is 12.4 Å². The van der Waals surface area contributed by atoms with E-state index in [1.165, 1.54) is 23.9 Å². The maximum Gasteiger partial charge on any atom is 0.325 e. The second-order valence-electron chi connectivity index (χ2n) is 9.56. The molecule has 1 aromatic carbocycles. The molecule has 0 saturated heterocycles. The van der Waals surface area contributed by atoms with E-state index in [1.54, 1.807) is 52.8 Å². The Hall–Kier alpha value is -2.96. The summed E-state index contributed by atoms with van der Waals surface area (Å²) in [5.74, 6) is -0.329. The fraction of sp³-hybridized carbons (Fsp3) is 0.462. The summed E-state index contributed by atoms with van der Waals surface area (Å²) >= 11 is 1.24. The van der Waals surface area contributed by atoms with Crippen molar-refractivity contribution in [1.29, 1.82) is 0 Å². The van der Waals surface area contributed by atoms with Crippen molar-refractivity contribution in [1.82, 2.24) is 19.3 Å². The number of aromatic nitrogens is 3. The van der Waals surface area contributed by atoms with Gasteiger partial charge in [0.05, 0.1) is 16.9 Å². The lowest BCUT2D eigenvalue weighted by molar-refractivity contribution is -0.156. The largest absolute Gasteiger partial charge is 0.466 e. The Kier molecular flexibility index (Phi) is 9.91. The average molecular weight is 563 g/mol. The zero-order valence-corrected chi connectivity index (χ0v) is 23.9. The van der Waals surface area contributed by atoms with Crippen LogP contribution in [0, 0.1) is 6.92 Å². The van der Waals surface area contributed by atoms with Gasteiger partial charge >= 0.3 is 11.9 Å². The zero-order chi connectivity index (χ0) is 27.9. The normalized spacial score (nSPS) is 12.9. The minimum Gasteiger partial charge on any atom is -0.466 e. The van der Waals surface area contributed by atoms with Gasteiger partial charge in [0.25, 0.3) is 0 Å². The van der Waals surface area contributed by atoms with Crippen molar-refractivity contribution in [3.05, 3.63) is 48.4 Å². The molecule has 206 valence electrons. The van der Waals surface area contributed by atoms with Crippen molar-refractivity contribution in [2.24, 2.45) is 0 Å². The number of hydrogen-bond acceptors (Lipinski definition) is 9. The van der Waals surface area contributed by atoms with E-state index < -0.39 is 27.6 Å². The van der Waals surface area contributed by atoms with Crippen molar-refractivity contribution in [2.45, 2.75) is 75.6 Å². The SMILES string of the molecule is CCOC(=O)CCCn1ccc2c(SC[C@H](NS(=O)(=O)c3ccccc3)C(=O)OC(C)(C)C)nc(C)nc21. The molecule has 0 saturated carbocycles. The maximum atomic E-state index is 13.0. The first-order valence-corrected chi connectivity index (χ1v) is 14.8. The Labute approximate surface area is 227 Å². The first-order valence-electron chi connectivity index (χ1n) is 12.3. The van der Waals surface area contributed by atoms with Crippen LogP contribution in [-0.2, 0) is 35.6 Å². The molecule has 38 heavy (non-hydrogen) atoms. The minimum absolute atomic E-state index is 0.0544. The number of sulfonamides is 1. The van der Waals surface area contributed by atoms with Crippen LogP contribution in [0.25, 0.3) is 11.0 Å². The van der Waals surface area contributed by atoms with Crippen molar-refractivity contribution in [3.63, 3.8) is 0 Å². The van der Waals surface area contributed by atoms with Gasteiger partial charge in [-0.2, -0.15) is 4.72 Å². The van der Waals surface area contributed by atoms with Crippen molar-refractivity contribution in [3.8, 4) is 0 Å². The van der Waals surface area contributed by atoms with Gasteiger partial charge in [-0.15, -0.1) is 11.8 Å². The molecule has 2 heterocycles. The highest BCUT2D eigenvalue weighted by Gasteiger charge is 2.30. The number of fused-ring (bicyclic) bond motifs is 1. The van der Waals surface area contributed by atoms with Crippen LogP contribution in [0.5, 0.6) is 0 Å². The second-order valence-corrected chi connectivity index (χ2v) is 12.3. The highest BCUT2D eigenvalue weighted by atomic mass is 32.2. The molecule has 0 aliphatic heterocycles. The number of carbonyl (C=O) groups excluding carboxylic acids is 2. The molecule has 0 spiro atoms. The number of esters is 2. The van der Waals surface area contributed by atoms with Crippen LogP contribution < -0.4 is 4.72 Å². The lowest BCUT2D eigenvalue weighted by Crippen LogP contribution is -2.45. The third-order valence-electron chi connectivity index (χ3n) is 5.21. The molecular weight excluding hydrogens is 528 g/mol. The summed E-state index contributed by atoms with van der Waals surface area (Å²) in [6.07, 6.45) is 2.77. The molecule has 2 aromatic heterocycles. The van der Waals surface area contributed by atoms with E-state index in [2.05, 4.69) is 14.7 Å². The van der Waals surface area contributed by atoms with Gasteiger partial charge in [-0.25, -0.2) is 18.4 Å². The number of hydrogen-bond donors (Lipinski definition) is 1. The molecule has 12 heteroatoms. The van der Waals surface area contributed by atoms with Crippen LogP contribution in [0.15, 0.2) is 52.5 Å². The lowest BCUT2D eigenvalue weighted by atomic mass is 10.2. The predicted molar refractivity (Wildman–Crippen MR) is 145 cm³/mol. The van der Waals surface area contributed by atoms with E-state index in [9.17, 15) is 18.0 Å². The number of rotatable bonds is 12. The van der Waals surface area contributed by atoms with Gasteiger partial charge in [0, 0.05) is 24.9 Å². The summed E-state index contributed by atoms with van der Waals surface area (Å²) in [5.41, 5.74) is -0.0971. The molecule has 0 amide bonds. The van der Waals surface area contributed by atoms with E-state index in [1.807, 2.05) is 16.8 Å². The van der Waals surface area contributed by atoms with Crippen LogP contribution in [-0.4, -0.2) is 58.9 Å². The number of benzene rings is 1. The molecule has 0 aliphatic carbocycles. The number of carbonyl (C=O) groups is 2. The van der Waals surface area contributed by atoms with Crippen LogP contribution in [0.4, 0.5) is 0 Å². The number of thioether (sulfide) groups is 1. The summed E-state index contributed by atoms with van der Waals surface area (Å²) in [6, 6.07) is 8.59. The molecule has 1 N–H and O–H groups in total. The quantitative estimate of drug-likeness (QED) is 0.199. The zero-order valence-electron chi connectivity index (χ0n) is 22.3. The summed E-state index contributed by atoms with van der Waals surface area (Å²) in [7, 11) is -3.97. The third kappa shape index (κ3) is 8.27. The van der Waals surface area contributed by atoms with Gasteiger partial charge in [-0.05, 0) is 59.2 Å². The monoisotopic (exact) mass is 562 g/mol. The Morgan fingerprint density at radius 2 is 1.84 bits per heavy atom. The van der Waals surface area contributed by atoms with Crippen LogP contribution in [0.3, 0.4) is 0 Å². The first-order chi connectivity index (χ1) is 17.9. The van der Waals surface area contributed by atoms with E-state index in [0.29, 0.717) is 42.5 Å². The van der Waals surface area contributed by atoms with Crippen LogP contribution in [0.1, 0.15) is 46.4 Å². The molecule has 0 bridgehead atoms. The number of nitrogens with one attached hydrogen (secondary N) is 1. The van der Waals surface area contributed by atoms with E-state index in [0.717, 1.165) is 5.39 Å². The Bertz CT molecular complexity index is 1370. The van der Waals surface area contributed by atoms with E-state index >= 15 is 0 Å². The molecule has 0 fully saturated rings. The molecule has 0 radical (unpaired) electrons. The van der Waals surface area contributed by atoms with Crippen LogP contribution >= 0.6 is 11.8 Å². The second kappa shape index (κ2) is 12.7. The summed E-state index contributed by atoms with van der Waals surface area (Å²) in [5, 5.41) is 1.38. The van der Waals surface area contributed by atoms with Crippen molar-refractivity contribution < 1.29 is 27.5 Å². The topological polar surface area (TPSA) is 129 Å². The molecule has 1 atom stereocenters. The number of ether oxygens (including phenoxy) is 2. The Balaban J connectivity index is 1.81. The average Bonchev–Trinajstić information content (AvgIpc) is 3.24. The van der Waals surface area contributed by atoms with Crippen LogP contribution in [0.2, 0.25) is 0 Å². The Morgan fingerprint density at radius 1 is 1.13 bits per heavy atom. The lowest BCUT2D eigenvalue weighted by Gasteiger charge is -2.24. The molecule has 0 aliphatic rings. The molecule has 0 unspecified atom stereocenters. The third-order valence-corrected chi connectivity index (χ3v) is 7.78. The van der Waals surface area contributed by atoms with Crippen molar-refractivity contribution >= 4 is 44.8 Å². The fourth-order valence-electron chi connectivity index (χ4n) is 3.60. The van der Waals surface area contributed by atoms with Gasteiger partial charge in [-0.1, -0.05) is 18.2 Å². The maximum absolute atomic E-state index is 13.0. The standard InChI is InChI=1S/C26H34N4O6S2/c1-6-35-22(31)13-10-15-30-16-14-20-23(30)27-18(2)28-24(20)37-17-21(25(32)36-26(3,4)5)29-38(33,34)19-11-8-7-9-12-19/h7-9,11-12,14,16,21,29H,6,10,13,15,17H2,1-5H3/t21-/m0/s1.